The van der Waals surface area contributed by atoms with Crippen molar-refractivity contribution in [3.63, 3.8) is 0 Å². The third kappa shape index (κ3) is 3.41. The molecule has 7 nitrogen and oxygen atoms in total. The minimum atomic E-state index is 0.365. The zero-order valence-electron chi connectivity index (χ0n) is 14.3. The van der Waals surface area contributed by atoms with Crippen molar-refractivity contribution in [1.29, 1.82) is 0 Å². The van der Waals surface area contributed by atoms with E-state index in [1.165, 1.54) is 0 Å². The molecule has 1 atom stereocenters. The number of rotatable bonds is 4. The van der Waals surface area contributed by atoms with Gasteiger partial charge in [-0.25, -0.2) is 4.98 Å². The average Bonchev–Trinajstić information content (AvgIpc) is 3.09. The van der Waals surface area contributed by atoms with Gasteiger partial charge in [-0.15, -0.1) is 0 Å². The fraction of sp³-hybridized carbons (Fsp3) is 0.389. The molecule has 3 aromatic rings. The van der Waals surface area contributed by atoms with Crippen LogP contribution in [-0.4, -0.2) is 47.5 Å². The topological polar surface area (TPSA) is 72.6 Å². The molecule has 0 radical (unpaired) electrons. The Hall–Kier alpha value is -2.67. The lowest BCUT2D eigenvalue weighted by molar-refractivity contribution is 0.196. The van der Waals surface area contributed by atoms with Gasteiger partial charge in [0.2, 0.25) is 0 Å². The Morgan fingerprint density at radius 3 is 2.72 bits per heavy atom. The van der Waals surface area contributed by atoms with Crippen LogP contribution in [0.4, 0.5) is 0 Å². The van der Waals surface area contributed by atoms with Crippen molar-refractivity contribution in [1.82, 2.24) is 34.4 Å². The zero-order valence-corrected chi connectivity index (χ0v) is 14.3. The molecule has 0 amide bonds. The average molecular weight is 335 g/mol. The Labute approximate surface area is 146 Å². The van der Waals surface area contributed by atoms with E-state index in [0.717, 1.165) is 55.3 Å². The number of likely N-dealkylation sites (tertiary alicyclic amines) is 1. The largest absolute Gasteiger partial charge is 0.332 e. The summed E-state index contributed by atoms with van der Waals surface area (Å²) in [4.78, 5) is 24.5. The third-order valence-electron chi connectivity index (χ3n) is 4.68. The molecule has 0 aliphatic carbocycles. The molecule has 1 aliphatic heterocycles. The van der Waals surface area contributed by atoms with Gasteiger partial charge in [0, 0.05) is 57.0 Å². The van der Waals surface area contributed by atoms with Crippen molar-refractivity contribution >= 4 is 0 Å². The van der Waals surface area contributed by atoms with Crippen molar-refractivity contribution in [3.8, 4) is 11.4 Å². The van der Waals surface area contributed by atoms with Crippen LogP contribution >= 0.6 is 0 Å². The molecule has 25 heavy (non-hydrogen) atoms. The van der Waals surface area contributed by atoms with E-state index in [4.69, 9.17) is 0 Å². The maximum Gasteiger partial charge on any atom is 0.110 e. The quantitative estimate of drug-likeness (QED) is 0.726. The highest BCUT2D eigenvalue weighted by atomic mass is 15.1. The lowest BCUT2D eigenvalue weighted by atomic mass is 9.92. The molecular formula is C18H21N7. The van der Waals surface area contributed by atoms with Gasteiger partial charge in [-0.2, -0.15) is 0 Å². The Morgan fingerprint density at radius 2 is 1.92 bits per heavy atom. The predicted molar refractivity (Wildman–Crippen MR) is 93.5 cm³/mol. The van der Waals surface area contributed by atoms with E-state index < -0.39 is 0 Å². The summed E-state index contributed by atoms with van der Waals surface area (Å²) in [6.45, 7) is 2.86. The number of piperidine rings is 1. The second-order valence-corrected chi connectivity index (χ2v) is 6.45. The molecule has 1 fully saturated rings. The summed E-state index contributed by atoms with van der Waals surface area (Å²) in [7, 11) is 1.99. The maximum absolute atomic E-state index is 4.68. The molecule has 0 unspecified atom stereocenters. The Balaban J connectivity index is 1.57. The number of nitrogens with zero attached hydrogens (tertiary/aromatic N) is 7. The van der Waals surface area contributed by atoms with Gasteiger partial charge in [0.05, 0.1) is 29.6 Å². The first kappa shape index (κ1) is 15.8. The highest BCUT2D eigenvalue weighted by molar-refractivity contribution is 5.57. The summed E-state index contributed by atoms with van der Waals surface area (Å²) < 4.78 is 1.99. The first-order valence-electron chi connectivity index (χ1n) is 8.56. The van der Waals surface area contributed by atoms with E-state index in [1.807, 2.05) is 24.0 Å². The first-order chi connectivity index (χ1) is 12.3. The second kappa shape index (κ2) is 7.06. The summed E-state index contributed by atoms with van der Waals surface area (Å²) in [5.74, 6) is 0.365. The van der Waals surface area contributed by atoms with Gasteiger partial charge in [0.1, 0.15) is 5.69 Å². The number of hydrogen-bond acceptors (Lipinski definition) is 6. The van der Waals surface area contributed by atoms with Gasteiger partial charge in [0.15, 0.2) is 0 Å². The number of aryl methyl sites for hydroxylation is 1. The summed E-state index contributed by atoms with van der Waals surface area (Å²) in [6, 6.07) is 0. The smallest absolute Gasteiger partial charge is 0.110 e. The second-order valence-electron chi connectivity index (χ2n) is 6.45. The van der Waals surface area contributed by atoms with Gasteiger partial charge >= 0.3 is 0 Å². The zero-order chi connectivity index (χ0) is 17.1. The van der Waals surface area contributed by atoms with Crippen LogP contribution < -0.4 is 0 Å². The van der Waals surface area contributed by atoms with Crippen molar-refractivity contribution in [2.24, 2.45) is 7.05 Å². The fourth-order valence-electron chi connectivity index (χ4n) is 3.49. The summed E-state index contributed by atoms with van der Waals surface area (Å²) in [5, 5.41) is 0. The molecule has 1 saturated heterocycles. The minimum absolute atomic E-state index is 0.365. The third-order valence-corrected chi connectivity index (χ3v) is 4.68. The van der Waals surface area contributed by atoms with Crippen LogP contribution in [0.15, 0.2) is 43.5 Å². The van der Waals surface area contributed by atoms with Crippen LogP contribution in [0, 0.1) is 0 Å². The van der Waals surface area contributed by atoms with E-state index in [2.05, 4.69) is 29.8 Å². The highest BCUT2D eigenvalue weighted by Gasteiger charge is 2.26. The molecule has 0 saturated carbocycles. The lowest BCUT2D eigenvalue weighted by Crippen LogP contribution is -2.34. The Kier molecular flexibility index (Phi) is 4.47. The molecule has 0 spiro atoms. The number of hydrogen-bond donors (Lipinski definition) is 0. The van der Waals surface area contributed by atoms with Crippen molar-refractivity contribution in [2.75, 3.05) is 13.1 Å². The monoisotopic (exact) mass is 335 g/mol. The van der Waals surface area contributed by atoms with Crippen molar-refractivity contribution in [3.05, 3.63) is 54.9 Å². The van der Waals surface area contributed by atoms with Crippen LogP contribution in [0.3, 0.4) is 0 Å². The summed E-state index contributed by atoms with van der Waals surface area (Å²) >= 11 is 0. The molecule has 4 heterocycles. The van der Waals surface area contributed by atoms with E-state index in [-0.39, 0.29) is 0 Å². The lowest BCUT2D eigenvalue weighted by Gasteiger charge is -2.32. The van der Waals surface area contributed by atoms with Crippen molar-refractivity contribution < 1.29 is 0 Å². The molecular weight excluding hydrogens is 314 g/mol. The van der Waals surface area contributed by atoms with Crippen molar-refractivity contribution in [2.45, 2.75) is 25.3 Å². The molecule has 1 aliphatic rings. The summed E-state index contributed by atoms with van der Waals surface area (Å²) in [5.41, 5.74) is 4.02. The van der Waals surface area contributed by atoms with Gasteiger partial charge in [-0.3, -0.25) is 24.8 Å². The van der Waals surface area contributed by atoms with E-state index in [1.54, 1.807) is 31.1 Å². The Bertz CT molecular complexity index is 830. The molecule has 7 heteroatoms. The van der Waals surface area contributed by atoms with Gasteiger partial charge in [0.25, 0.3) is 0 Å². The van der Waals surface area contributed by atoms with Crippen LogP contribution in [-0.2, 0) is 13.6 Å². The number of aromatic nitrogens is 6. The Morgan fingerprint density at radius 1 is 1.04 bits per heavy atom. The van der Waals surface area contributed by atoms with E-state index in [9.17, 15) is 0 Å². The molecule has 0 aromatic carbocycles. The van der Waals surface area contributed by atoms with Gasteiger partial charge < -0.3 is 4.57 Å². The van der Waals surface area contributed by atoms with Crippen LogP contribution in [0.2, 0.25) is 0 Å². The van der Waals surface area contributed by atoms with Crippen LogP contribution in [0.1, 0.15) is 30.1 Å². The molecule has 4 rings (SSSR count). The van der Waals surface area contributed by atoms with Gasteiger partial charge in [-0.05, 0) is 19.4 Å². The normalized spacial score (nSPS) is 18.4. The standard InChI is InChI=1S/C18H21N7/c1-24-13-20-10-16(24)18-17(22-6-7-23-18)14-3-2-8-25(11-14)12-15-9-19-4-5-21-15/h4-7,9-10,13-14H,2-3,8,11-12H2,1H3/t14-/m0/s1. The predicted octanol–water partition coefficient (Wildman–Crippen LogP) is 2.05. The summed E-state index contributed by atoms with van der Waals surface area (Å²) in [6.07, 6.45) is 14.8. The van der Waals surface area contributed by atoms with E-state index in [0.29, 0.717) is 5.92 Å². The first-order valence-corrected chi connectivity index (χ1v) is 8.56. The number of imidazole rings is 1. The SMILES string of the molecule is Cn1cncc1-c1nccnc1[C@H]1CCCN(Cc2cnccn2)C1. The molecule has 0 bridgehead atoms. The van der Waals surface area contributed by atoms with Crippen LogP contribution in [0.5, 0.6) is 0 Å². The fourth-order valence-corrected chi connectivity index (χ4v) is 3.49. The van der Waals surface area contributed by atoms with Crippen LogP contribution in [0.25, 0.3) is 11.4 Å². The molecule has 3 aromatic heterocycles. The maximum atomic E-state index is 4.68. The molecule has 0 N–H and O–H groups in total. The minimum Gasteiger partial charge on any atom is -0.332 e. The molecule has 128 valence electrons. The highest BCUT2D eigenvalue weighted by Crippen LogP contribution is 2.31. The van der Waals surface area contributed by atoms with E-state index >= 15 is 0 Å². The van der Waals surface area contributed by atoms with Gasteiger partial charge in [-0.1, -0.05) is 0 Å².